The molecule has 2 aromatic rings. The Balaban J connectivity index is 2.25. The summed E-state index contributed by atoms with van der Waals surface area (Å²) in [4.78, 5) is 41.0. The van der Waals surface area contributed by atoms with Crippen molar-refractivity contribution in [2.75, 3.05) is 27.9 Å². The minimum Gasteiger partial charge on any atom is -0.548 e. The largest absolute Gasteiger partial charge is 0.548 e. The van der Waals surface area contributed by atoms with Crippen molar-refractivity contribution < 1.29 is 33.7 Å². The number of carboxylic acid groups (broad SMARTS) is 1. The van der Waals surface area contributed by atoms with Gasteiger partial charge in [0.15, 0.2) is 11.5 Å². The number of methoxy groups -OCH3 is 3. The maximum absolute atomic E-state index is 13.6. The molecule has 0 radical (unpaired) electrons. The average Bonchev–Trinajstić information content (AvgIpc) is 2.83. The van der Waals surface area contributed by atoms with Gasteiger partial charge in [-0.2, -0.15) is 0 Å². The normalized spacial score (nSPS) is 15.8. The molecule has 0 bridgehead atoms. The highest BCUT2D eigenvalue weighted by Gasteiger charge is 2.41. The second-order valence-corrected chi connectivity index (χ2v) is 7.99. The molecule has 0 aliphatic carbocycles. The third-order valence-corrected chi connectivity index (χ3v) is 5.51. The molecule has 1 aliphatic heterocycles. The number of hydrogen-bond donors (Lipinski definition) is 0. The van der Waals surface area contributed by atoms with E-state index in [0.717, 1.165) is 4.90 Å². The van der Waals surface area contributed by atoms with Gasteiger partial charge in [0, 0.05) is 17.3 Å². The summed E-state index contributed by atoms with van der Waals surface area (Å²) in [5, 5.41) is 11.6. The minimum absolute atomic E-state index is 0.189. The summed E-state index contributed by atoms with van der Waals surface area (Å²) < 4.78 is 16.2. The minimum atomic E-state index is -1.43. The molecule has 1 unspecified atom stereocenters. The van der Waals surface area contributed by atoms with Crippen LogP contribution in [0.3, 0.4) is 0 Å². The summed E-state index contributed by atoms with van der Waals surface area (Å²) in [7, 11) is 4.35. The maximum Gasteiger partial charge on any atom is 0.258 e. The van der Waals surface area contributed by atoms with Crippen LogP contribution in [0.15, 0.2) is 48.7 Å². The first-order chi connectivity index (χ1) is 16.2. The second kappa shape index (κ2) is 10.3. The fourth-order valence-corrected chi connectivity index (χ4v) is 3.95. The number of carbonyl (C=O) groups excluding carboxylic acids is 3. The van der Waals surface area contributed by atoms with Gasteiger partial charge < -0.3 is 33.9 Å². The molecule has 9 nitrogen and oxygen atoms in total. The zero-order chi connectivity index (χ0) is 25.0. The van der Waals surface area contributed by atoms with Gasteiger partial charge >= 0.3 is 0 Å². The van der Waals surface area contributed by atoms with Crippen molar-refractivity contribution in [3.8, 4) is 17.2 Å². The Kier molecular flexibility index (Phi) is 7.45. The highest BCUT2D eigenvalue weighted by molar-refractivity contribution is 6.03. The predicted molar refractivity (Wildman–Crippen MR) is 122 cm³/mol. The number of ether oxygens (including phenoxy) is 3. The van der Waals surface area contributed by atoms with E-state index in [1.807, 2.05) is 0 Å². The summed E-state index contributed by atoms with van der Waals surface area (Å²) >= 11 is 0. The number of carboxylic acids is 1. The van der Waals surface area contributed by atoms with Crippen LogP contribution >= 0.6 is 0 Å². The lowest BCUT2D eigenvalue weighted by Gasteiger charge is -2.41. The molecule has 0 saturated carbocycles. The Labute approximate surface area is 198 Å². The molecule has 2 amide bonds. The summed E-state index contributed by atoms with van der Waals surface area (Å²) in [6.45, 7) is 2.91. The SMILES string of the molecule is COc1cc(C2=CN(C(=O)c3ccccc3)C(C(C)C)C(=O)N2CC(=O)[O-])cc(OC)c1OC. The van der Waals surface area contributed by atoms with E-state index in [9.17, 15) is 19.5 Å². The van der Waals surface area contributed by atoms with E-state index in [2.05, 4.69) is 0 Å². The number of carbonyl (C=O) groups is 3. The Hall–Kier alpha value is -4.01. The van der Waals surface area contributed by atoms with Crippen molar-refractivity contribution in [3.05, 3.63) is 59.8 Å². The zero-order valence-corrected chi connectivity index (χ0v) is 19.7. The van der Waals surface area contributed by atoms with Gasteiger partial charge in [0.25, 0.3) is 11.8 Å². The lowest BCUT2D eigenvalue weighted by atomic mass is 9.96. The second-order valence-electron chi connectivity index (χ2n) is 7.99. The van der Waals surface area contributed by atoms with E-state index in [1.165, 1.54) is 32.4 Å². The van der Waals surface area contributed by atoms with Crippen LogP contribution in [-0.4, -0.2) is 61.5 Å². The van der Waals surface area contributed by atoms with Gasteiger partial charge in [-0.05, 0) is 30.2 Å². The van der Waals surface area contributed by atoms with E-state index < -0.39 is 24.5 Å². The third-order valence-electron chi connectivity index (χ3n) is 5.51. The van der Waals surface area contributed by atoms with Crippen LogP contribution in [0, 0.1) is 5.92 Å². The lowest BCUT2D eigenvalue weighted by molar-refractivity contribution is -0.305. The number of amides is 2. The van der Waals surface area contributed by atoms with Crippen molar-refractivity contribution >= 4 is 23.5 Å². The first kappa shape index (κ1) is 24.6. The molecule has 9 heteroatoms. The number of benzene rings is 2. The number of aliphatic carboxylic acids is 1. The van der Waals surface area contributed by atoms with Gasteiger partial charge in [-0.3, -0.25) is 9.59 Å². The topological polar surface area (TPSA) is 108 Å². The Bertz CT molecular complexity index is 1090. The predicted octanol–water partition coefficient (Wildman–Crippen LogP) is 1.77. The quantitative estimate of drug-likeness (QED) is 0.582. The van der Waals surface area contributed by atoms with Crippen LogP contribution in [0.1, 0.15) is 29.8 Å². The van der Waals surface area contributed by atoms with Gasteiger partial charge in [-0.1, -0.05) is 32.0 Å². The molecule has 0 saturated heterocycles. The van der Waals surface area contributed by atoms with Gasteiger partial charge in [-0.15, -0.1) is 0 Å². The zero-order valence-electron chi connectivity index (χ0n) is 19.7. The summed E-state index contributed by atoms with van der Waals surface area (Å²) in [6, 6.07) is 10.8. The molecule has 180 valence electrons. The molecular formula is C25H27N2O7-. The number of nitrogens with zero attached hydrogens (tertiary/aromatic N) is 2. The van der Waals surface area contributed by atoms with Crippen molar-refractivity contribution in [1.82, 2.24) is 9.80 Å². The fourth-order valence-electron chi connectivity index (χ4n) is 3.95. The van der Waals surface area contributed by atoms with Gasteiger partial charge in [0.2, 0.25) is 5.75 Å². The smallest absolute Gasteiger partial charge is 0.258 e. The van der Waals surface area contributed by atoms with Gasteiger partial charge in [0.1, 0.15) is 6.04 Å². The van der Waals surface area contributed by atoms with Crippen molar-refractivity contribution in [2.24, 2.45) is 5.92 Å². The highest BCUT2D eigenvalue weighted by atomic mass is 16.5. The summed E-state index contributed by atoms with van der Waals surface area (Å²) in [5.41, 5.74) is 0.988. The molecule has 1 atom stereocenters. The lowest BCUT2D eigenvalue weighted by Crippen LogP contribution is -2.56. The Morgan fingerprint density at radius 3 is 2.06 bits per heavy atom. The van der Waals surface area contributed by atoms with E-state index in [-0.39, 0.29) is 17.5 Å². The molecule has 0 aromatic heterocycles. The van der Waals surface area contributed by atoms with E-state index in [1.54, 1.807) is 56.3 Å². The van der Waals surface area contributed by atoms with Crippen LogP contribution in [0.25, 0.3) is 5.70 Å². The van der Waals surface area contributed by atoms with Crippen LogP contribution in [-0.2, 0) is 9.59 Å². The molecule has 2 aromatic carbocycles. The van der Waals surface area contributed by atoms with Crippen LogP contribution in [0.5, 0.6) is 17.2 Å². The molecule has 34 heavy (non-hydrogen) atoms. The van der Waals surface area contributed by atoms with E-state index in [0.29, 0.717) is 28.4 Å². The summed E-state index contributed by atoms with van der Waals surface area (Å²) in [6.07, 6.45) is 1.49. The van der Waals surface area contributed by atoms with Crippen LogP contribution < -0.4 is 19.3 Å². The number of hydrogen-bond acceptors (Lipinski definition) is 7. The Morgan fingerprint density at radius 2 is 1.59 bits per heavy atom. The Morgan fingerprint density at radius 1 is 1.00 bits per heavy atom. The molecule has 0 fully saturated rings. The molecule has 1 heterocycles. The van der Waals surface area contributed by atoms with Crippen molar-refractivity contribution in [2.45, 2.75) is 19.9 Å². The first-order valence-corrected chi connectivity index (χ1v) is 10.6. The van der Waals surface area contributed by atoms with Gasteiger partial charge in [-0.25, -0.2) is 0 Å². The molecule has 0 spiro atoms. The van der Waals surface area contributed by atoms with Crippen LogP contribution in [0.2, 0.25) is 0 Å². The third kappa shape index (κ3) is 4.68. The molecule has 3 rings (SSSR count). The van der Waals surface area contributed by atoms with Crippen LogP contribution in [0.4, 0.5) is 0 Å². The summed E-state index contributed by atoms with van der Waals surface area (Å²) in [5.74, 6) is -1.68. The van der Waals surface area contributed by atoms with Gasteiger partial charge in [0.05, 0.1) is 39.5 Å². The number of rotatable bonds is 8. The molecule has 1 aliphatic rings. The first-order valence-electron chi connectivity index (χ1n) is 10.6. The molecular weight excluding hydrogens is 440 g/mol. The standard InChI is InChI=1S/C25H28N2O7/c1-15(2)22-25(31)26(14-21(28)29)18(13-27(22)24(30)16-9-7-6-8-10-16)17-11-19(32-3)23(34-5)20(12-17)33-4/h6-13,15,22H,14H2,1-5H3,(H,28,29)/p-1. The molecule has 0 N–H and O–H groups in total. The highest BCUT2D eigenvalue weighted by Crippen LogP contribution is 2.41. The fraction of sp³-hybridized carbons (Fsp3) is 0.320. The van der Waals surface area contributed by atoms with Crippen molar-refractivity contribution in [1.29, 1.82) is 0 Å². The maximum atomic E-state index is 13.6. The van der Waals surface area contributed by atoms with Crippen molar-refractivity contribution in [3.63, 3.8) is 0 Å². The monoisotopic (exact) mass is 467 g/mol. The van der Waals surface area contributed by atoms with E-state index in [4.69, 9.17) is 14.2 Å². The average molecular weight is 467 g/mol. The van der Waals surface area contributed by atoms with E-state index >= 15 is 0 Å².